The number of esters is 1. The van der Waals surface area contributed by atoms with Gasteiger partial charge in [-0.05, 0) is 36.4 Å². The molecule has 2 rings (SSSR count). The molecule has 2 aromatic carbocycles. The van der Waals surface area contributed by atoms with Gasteiger partial charge in [-0.2, -0.15) is 0 Å². The molecule has 0 bridgehead atoms. The molecule has 7 heteroatoms. The molecule has 0 unspecified atom stereocenters. The number of halogens is 1. The molecule has 0 radical (unpaired) electrons. The third kappa shape index (κ3) is 3.46. The van der Waals surface area contributed by atoms with Gasteiger partial charge in [0.05, 0.1) is 10.9 Å². The Bertz CT molecular complexity index is 677. The summed E-state index contributed by atoms with van der Waals surface area (Å²) in [4.78, 5) is 30.4. The molecular weight excluding hydrogens is 303 g/mol. The van der Waals surface area contributed by atoms with Crippen molar-refractivity contribution in [2.45, 2.75) is 0 Å². The van der Waals surface area contributed by atoms with Gasteiger partial charge >= 0.3 is 13.6 Å². The van der Waals surface area contributed by atoms with Crippen LogP contribution in [-0.2, 0) is 4.57 Å². The van der Waals surface area contributed by atoms with Crippen LogP contribution in [0.4, 0.5) is 0 Å². The number of carbonyl (C=O) groups excluding carboxylic acids is 1. The number of ether oxygens (including phenoxy) is 1. The standard InChI is InChI=1S/C13H10ClO5P/c14-9-5-7-10(8-6-9)19-13(15)11-3-1-2-4-12(11)20(16,17)18/h1-8H,(H2,16,17,18). The Morgan fingerprint density at radius 3 is 2.25 bits per heavy atom. The molecule has 0 aliphatic rings. The maximum atomic E-state index is 12.0. The van der Waals surface area contributed by atoms with Crippen LogP contribution in [0.25, 0.3) is 0 Å². The zero-order valence-electron chi connectivity index (χ0n) is 10.1. The smallest absolute Gasteiger partial charge is 0.357 e. The Morgan fingerprint density at radius 2 is 1.65 bits per heavy atom. The van der Waals surface area contributed by atoms with E-state index in [4.69, 9.17) is 16.3 Å². The van der Waals surface area contributed by atoms with Crippen molar-refractivity contribution >= 4 is 30.5 Å². The monoisotopic (exact) mass is 312 g/mol. The predicted octanol–water partition coefficient (Wildman–Crippen LogP) is 2.36. The highest BCUT2D eigenvalue weighted by molar-refractivity contribution is 7.60. The van der Waals surface area contributed by atoms with Crippen LogP contribution in [0.3, 0.4) is 0 Å². The second-order valence-corrected chi connectivity index (χ2v) is 5.91. The average molecular weight is 313 g/mol. The van der Waals surface area contributed by atoms with Crippen LogP contribution in [-0.4, -0.2) is 15.8 Å². The fraction of sp³-hybridized carbons (Fsp3) is 0. The highest BCUT2D eigenvalue weighted by atomic mass is 35.5. The fourth-order valence-electron chi connectivity index (χ4n) is 1.56. The van der Waals surface area contributed by atoms with Gasteiger partial charge in [-0.25, -0.2) is 4.79 Å². The van der Waals surface area contributed by atoms with E-state index < -0.39 is 13.6 Å². The van der Waals surface area contributed by atoms with E-state index in [0.717, 1.165) is 0 Å². The zero-order valence-corrected chi connectivity index (χ0v) is 11.7. The largest absolute Gasteiger partial charge is 0.423 e. The molecule has 0 aromatic heterocycles. The highest BCUT2D eigenvalue weighted by Crippen LogP contribution is 2.34. The predicted molar refractivity (Wildman–Crippen MR) is 74.5 cm³/mol. The van der Waals surface area contributed by atoms with Crippen molar-refractivity contribution in [1.29, 1.82) is 0 Å². The quantitative estimate of drug-likeness (QED) is 0.516. The average Bonchev–Trinajstić information content (AvgIpc) is 2.40. The molecule has 0 atom stereocenters. The van der Waals surface area contributed by atoms with Crippen molar-refractivity contribution in [3.63, 3.8) is 0 Å². The number of benzene rings is 2. The van der Waals surface area contributed by atoms with Crippen LogP contribution in [0.2, 0.25) is 5.02 Å². The first kappa shape index (κ1) is 14.8. The molecule has 0 saturated heterocycles. The molecule has 0 heterocycles. The van der Waals surface area contributed by atoms with Crippen molar-refractivity contribution in [3.8, 4) is 5.75 Å². The molecular formula is C13H10ClO5P. The Labute approximate surface area is 119 Å². The van der Waals surface area contributed by atoms with E-state index in [1.807, 2.05) is 0 Å². The van der Waals surface area contributed by atoms with Gasteiger partial charge in [0.15, 0.2) is 0 Å². The molecule has 2 aromatic rings. The summed E-state index contributed by atoms with van der Waals surface area (Å²) in [6.45, 7) is 0. The number of hydrogen-bond acceptors (Lipinski definition) is 3. The molecule has 20 heavy (non-hydrogen) atoms. The maximum Gasteiger partial charge on any atom is 0.357 e. The van der Waals surface area contributed by atoms with E-state index in [1.165, 1.54) is 36.4 Å². The Balaban J connectivity index is 2.30. The lowest BCUT2D eigenvalue weighted by Gasteiger charge is -2.10. The second kappa shape index (κ2) is 5.77. The second-order valence-electron chi connectivity index (χ2n) is 3.90. The SMILES string of the molecule is O=C(Oc1ccc(Cl)cc1)c1ccccc1P(=O)(O)O. The molecule has 5 nitrogen and oxygen atoms in total. The molecule has 104 valence electrons. The Morgan fingerprint density at radius 1 is 1.05 bits per heavy atom. The van der Waals surface area contributed by atoms with Gasteiger partial charge < -0.3 is 14.5 Å². The third-order valence-electron chi connectivity index (χ3n) is 2.46. The summed E-state index contributed by atoms with van der Waals surface area (Å²) in [5.74, 6) is -0.605. The minimum Gasteiger partial charge on any atom is -0.423 e. The van der Waals surface area contributed by atoms with Crippen molar-refractivity contribution in [3.05, 3.63) is 59.1 Å². The Kier molecular flexibility index (Phi) is 4.26. The number of carbonyl (C=O) groups is 1. The van der Waals surface area contributed by atoms with E-state index in [1.54, 1.807) is 12.1 Å². The molecule has 0 amide bonds. The van der Waals surface area contributed by atoms with E-state index in [-0.39, 0.29) is 16.6 Å². The Hall–Kier alpha value is -1.65. The van der Waals surface area contributed by atoms with Crippen LogP contribution >= 0.6 is 19.2 Å². The molecule has 0 fully saturated rings. The van der Waals surface area contributed by atoms with Crippen molar-refractivity contribution in [1.82, 2.24) is 0 Å². The lowest BCUT2D eigenvalue weighted by atomic mass is 10.2. The summed E-state index contributed by atoms with van der Waals surface area (Å²) < 4.78 is 16.4. The minimum atomic E-state index is -4.54. The highest BCUT2D eigenvalue weighted by Gasteiger charge is 2.25. The maximum absolute atomic E-state index is 12.0. The van der Waals surface area contributed by atoms with Gasteiger partial charge in [0, 0.05) is 5.02 Å². The number of rotatable bonds is 3. The van der Waals surface area contributed by atoms with E-state index >= 15 is 0 Å². The van der Waals surface area contributed by atoms with Crippen molar-refractivity contribution in [2.75, 3.05) is 0 Å². The van der Waals surface area contributed by atoms with E-state index in [9.17, 15) is 19.1 Å². The van der Waals surface area contributed by atoms with Gasteiger partial charge in [0.2, 0.25) is 0 Å². The zero-order chi connectivity index (χ0) is 14.8. The molecule has 0 aliphatic heterocycles. The summed E-state index contributed by atoms with van der Waals surface area (Å²) in [5, 5.41) is 0.124. The summed E-state index contributed by atoms with van der Waals surface area (Å²) in [5.41, 5.74) is -0.171. The minimum absolute atomic E-state index is 0.171. The lowest BCUT2D eigenvalue weighted by molar-refractivity contribution is 0.0735. The number of hydrogen-bond donors (Lipinski definition) is 2. The van der Waals surface area contributed by atoms with Gasteiger partial charge in [0.25, 0.3) is 0 Å². The lowest BCUT2D eigenvalue weighted by Crippen LogP contribution is -2.19. The third-order valence-corrected chi connectivity index (χ3v) is 3.73. The van der Waals surface area contributed by atoms with Crippen molar-refractivity contribution < 1.29 is 23.9 Å². The molecule has 2 N–H and O–H groups in total. The summed E-state index contributed by atoms with van der Waals surface area (Å²) in [6, 6.07) is 11.5. The molecule has 0 aliphatic carbocycles. The molecule has 0 spiro atoms. The topological polar surface area (TPSA) is 83.8 Å². The first-order chi connectivity index (χ1) is 9.38. The normalized spacial score (nSPS) is 11.2. The summed E-state index contributed by atoms with van der Waals surface area (Å²) in [6.07, 6.45) is 0. The van der Waals surface area contributed by atoms with Crippen LogP contribution in [0.15, 0.2) is 48.5 Å². The summed E-state index contributed by atoms with van der Waals surface area (Å²) >= 11 is 5.71. The van der Waals surface area contributed by atoms with E-state index in [2.05, 4.69) is 0 Å². The van der Waals surface area contributed by atoms with Crippen LogP contribution in [0.5, 0.6) is 5.75 Å². The fourth-order valence-corrected chi connectivity index (χ4v) is 2.45. The van der Waals surface area contributed by atoms with Crippen LogP contribution < -0.4 is 10.0 Å². The van der Waals surface area contributed by atoms with Gasteiger partial charge in [0.1, 0.15) is 5.75 Å². The first-order valence-electron chi connectivity index (χ1n) is 5.51. The summed E-state index contributed by atoms with van der Waals surface area (Å²) in [7, 11) is -4.54. The van der Waals surface area contributed by atoms with Crippen molar-refractivity contribution in [2.24, 2.45) is 0 Å². The van der Waals surface area contributed by atoms with Crippen LogP contribution in [0, 0.1) is 0 Å². The van der Waals surface area contributed by atoms with Gasteiger partial charge in [-0.15, -0.1) is 0 Å². The van der Waals surface area contributed by atoms with E-state index in [0.29, 0.717) is 5.02 Å². The van der Waals surface area contributed by atoms with Gasteiger partial charge in [-0.3, -0.25) is 4.57 Å². The molecule has 0 saturated carbocycles. The van der Waals surface area contributed by atoms with Crippen LogP contribution in [0.1, 0.15) is 10.4 Å². The van der Waals surface area contributed by atoms with Gasteiger partial charge in [-0.1, -0.05) is 23.7 Å². The first-order valence-corrected chi connectivity index (χ1v) is 7.50.